The zero-order chi connectivity index (χ0) is 9.30. The molecule has 0 radical (unpaired) electrons. The summed E-state index contributed by atoms with van der Waals surface area (Å²) < 4.78 is 0. The number of hydrogen-bond donors (Lipinski definition) is 0. The average Bonchev–Trinajstić information content (AvgIpc) is 2.30. The molecule has 1 rings (SSSR count). The Morgan fingerprint density at radius 3 is 2.25 bits per heavy atom. The molecule has 2 nitrogen and oxygen atoms in total. The van der Waals surface area contributed by atoms with Crippen LogP contribution in [0.2, 0.25) is 0 Å². The second-order valence-corrected chi connectivity index (χ2v) is 4.24. The summed E-state index contributed by atoms with van der Waals surface area (Å²) in [5.74, 6) is 0.890. The lowest BCUT2D eigenvalue weighted by Gasteiger charge is -2.29. The minimum atomic E-state index is 0.185. The maximum Gasteiger partial charge on any atom is 0.151 e. The number of hydrogen-bond acceptors (Lipinski definition) is 2. The monoisotopic (exact) mass is 169 g/mol. The number of nitrogens with zero attached hydrogens (tertiary/aromatic N) is 1. The Balaban J connectivity index is 2.70. The van der Waals surface area contributed by atoms with Crippen molar-refractivity contribution in [3.05, 3.63) is 0 Å². The van der Waals surface area contributed by atoms with Gasteiger partial charge in [0, 0.05) is 19.0 Å². The molecule has 1 heterocycles. The standard InChI is InChI=1S/C10H19NO/c1-7(2)10-9(12)5-6-11(10)8(3)4/h7-8,10H,5-6H2,1-4H3. The summed E-state index contributed by atoms with van der Waals surface area (Å²) in [7, 11) is 0. The third-order valence-electron chi connectivity index (χ3n) is 2.60. The van der Waals surface area contributed by atoms with Crippen molar-refractivity contribution in [3.63, 3.8) is 0 Å². The van der Waals surface area contributed by atoms with Crippen LogP contribution in [0.15, 0.2) is 0 Å². The van der Waals surface area contributed by atoms with E-state index in [1.807, 2.05) is 0 Å². The van der Waals surface area contributed by atoms with E-state index in [0.29, 0.717) is 17.7 Å². The molecule has 1 aliphatic heterocycles. The second-order valence-electron chi connectivity index (χ2n) is 4.24. The molecule has 0 aromatic rings. The van der Waals surface area contributed by atoms with Crippen molar-refractivity contribution in [2.24, 2.45) is 5.92 Å². The molecule has 70 valence electrons. The molecule has 0 saturated carbocycles. The van der Waals surface area contributed by atoms with E-state index in [-0.39, 0.29) is 6.04 Å². The molecule has 0 aromatic heterocycles. The molecule has 0 bridgehead atoms. The van der Waals surface area contributed by atoms with Gasteiger partial charge < -0.3 is 0 Å². The lowest BCUT2D eigenvalue weighted by molar-refractivity contribution is -0.121. The normalized spacial score (nSPS) is 26.2. The van der Waals surface area contributed by atoms with E-state index < -0.39 is 0 Å². The number of Topliss-reactive ketones (excluding diaryl/α,β-unsaturated/α-hetero) is 1. The molecular weight excluding hydrogens is 150 g/mol. The molecule has 0 N–H and O–H groups in total. The van der Waals surface area contributed by atoms with E-state index in [0.717, 1.165) is 13.0 Å². The molecule has 0 spiro atoms. The van der Waals surface area contributed by atoms with Crippen molar-refractivity contribution >= 4 is 5.78 Å². The fraction of sp³-hybridized carbons (Fsp3) is 0.900. The van der Waals surface area contributed by atoms with Gasteiger partial charge in [0.1, 0.15) is 0 Å². The van der Waals surface area contributed by atoms with Crippen molar-refractivity contribution in [2.45, 2.75) is 46.2 Å². The first-order chi connectivity index (χ1) is 5.54. The number of carbonyl (C=O) groups is 1. The van der Waals surface area contributed by atoms with Gasteiger partial charge in [-0.15, -0.1) is 0 Å². The Kier molecular flexibility index (Phi) is 2.89. The van der Waals surface area contributed by atoms with E-state index in [2.05, 4.69) is 32.6 Å². The van der Waals surface area contributed by atoms with Crippen LogP contribution in [0.1, 0.15) is 34.1 Å². The summed E-state index contributed by atoms with van der Waals surface area (Å²) in [5, 5.41) is 0. The summed E-state index contributed by atoms with van der Waals surface area (Å²) in [6.07, 6.45) is 0.751. The Morgan fingerprint density at radius 2 is 1.92 bits per heavy atom. The van der Waals surface area contributed by atoms with Gasteiger partial charge in [0.05, 0.1) is 6.04 Å². The van der Waals surface area contributed by atoms with Gasteiger partial charge in [-0.05, 0) is 19.8 Å². The SMILES string of the molecule is CC(C)C1C(=O)CCN1C(C)C. The van der Waals surface area contributed by atoms with E-state index in [4.69, 9.17) is 0 Å². The zero-order valence-corrected chi connectivity index (χ0v) is 8.50. The fourth-order valence-corrected chi connectivity index (χ4v) is 2.05. The van der Waals surface area contributed by atoms with Gasteiger partial charge in [-0.1, -0.05) is 13.8 Å². The highest BCUT2D eigenvalue weighted by Crippen LogP contribution is 2.22. The lowest BCUT2D eigenvalue weighted by Crippen LogP contribution is -2.41. The smallest absolute Gasteiger partial charge is 0.151 e. The van der Waals surface area contributed by atoms with E-state index in [9.17, 15) is 4.79 Å². The first-order valence-electron chi connectivity index (χ1n) is 4.82. The minimum absolute atomic E-state index is 0.185. The second kappa shape index (κ2) is 3.56. The highest BCUT2D eigenvalue weighted by molar-refractivity contribution is 5.86. The molecule has 2 heteroatoms. The maximum absolute atomic E-state index is 11.5. The molecule has 1 atom stereocenters. The van der Waals surface area contributed by atoms with E-state index >= 15 is 0 Å². The van der Waals surface area contributed by atoms with Gasteiger partial charge in [-0.25, -0.2) is 0 Å². The Bertz CT molecular complexity index is 175. The predicted octanol–water partition coefficient (Wildman–Crippen LogP) is 1.69. The van der Waals surface area contributed by atoms with E-state index in [1.54, 1.807) is 0 Å². The van der Waals surface area contributed by atoms with Crippen molar-refractivity contribution < 1.29 is 4.79 Å². The third-order valence-corrected chi connectivity index (χ3v) is 2.60. The summed E-state index contributed by atoms with van der Waals surface area (Å²) in [6.45, 7) is 9.54. The first kappa shape index (κ1) is 9.72. The molecule has 1 unspecified atom stereocenters. The summed E-state index contributed by atoms with van der Waals surface area (Å²) >= 11 is 0. The fourth-order valence-electron chi connectivity index (χ4n) is 2.05. The van der Waals surface area contributed by atoms with Gasteiger partial charge in [0.25, 0.3) is 0 Å². The summed E-state index contributed by atoms with van der Waals surface area (Å²) in [4.78, 5) is 13.8. The van der Waals surface area contributed by atoms with Gasteiger partial charge >= 0.3 is 0 Å². The average molecular weight is 169 g/mol. The molecule has 1 aliphatic rings. The number of ketones is 1. The van der Waals surface area contributed by atoms with Crippen LogP contribution in [0.4, 0.5) is 0 Å². The Labute approximate surface area is 74.9 Å². The van der Waals surface area contributed by atoms with Crippen LogP contribution in [0.25, 0.3) is 0 Å². The predicted molar refractivity (Wildman–Crippen MR) is 50.1 cm³/mol. The summed E-state index contributed by atoms with van der Waals surface area (Å²) in [6, 6.07) is 0.689. The van der Waals surface area contributed by atoms with Crippen molar-refractivity contribution in [1.82, 2.24) is 4.90 Å². The largest absolute Gasteiger partial charge is 0.298 e. The van der Waals surface area contributed by atoms with Gasteiger partial charge in [0.15, 0.2) is 5.78 Å². The Hall–Kier alpha value is -0.370. The van der Waals surface area contributed by atoms with Crippen LogP contribution in [-0.4, -0.2) is 29.3 Å². The highest BCUT2D eigenvalue weighted by atomic mass is 16.1. The maximum atomic E-state index is 11.5. The van der Waals surface area contributed by atoms with Gasteiger partial charge in [-0.3, -0.25) is 9.69 Å². The molecular formula is C10H19NO. The third kappa shape index (κ3) is 1.69. The van der Waals surface area contributed by atoms with Gasteiger partial charge in [-0.2, -0.15) is 0 Å². The first-order valence-corrected chi connectivity index (χ1v) is 4.82. The Morgan fingerprint density at radius 1 is 1.33 bits per heavy atom. The van der Waals surface area contributed by atoms with Crippen LogP contribution in [0.5, 0.6) is 0 Å². The number of carbonyl (C=O) groups excluding carboxylic acids is 1. The van der Waals surface area contributed by atoms with Crippen LogP contribution < -0.4 is 0 Å². The van der Waals surface area contributed by atoms with Gasteiger partial charge in [0.2, 0.25) is 0 Å². The van der Waals surface area contributed by atoms with Crippen molar-refractivity contribution in [3.8, 4) is 0 Å². The van der Waals surface area contributed by atoms with Crippen LogP contribution in [0, 0.1) is 5.92 Å². The van der Waals surface area contributed by atoms with Crippen molar-refractivity contribution in [2.75, 3.05) is 6.54 Å². The van der Waals surface area contributed by atoms with Crippen LogP contribution in [-0.2, 0) is 4.79 Å². The molecule has 0 aromatic carbocycles. The van der Waals surface area contributed by atoms with Crippen LogP contribution >= 0.6 is 0 Å². The lowest BCUT2D eigenvalue weighted by atomic mass is 10.0. The van der Waals surface area contributed by atoms with E-state index in [1.165, 1.54) is 0 Å². The molecule has 0 aliphatic carbocycles. The minimum Gasteiger partial charge on any atom is -0.298 e. The molecule has 0 amide bonds. The summed E-state index contributed by atoms with van der Waals surface area (Å²) in [5.41, 5.74) is 0. The van der Waals surface area contributed by atoms with Crippen LogP contribution in [0.3, 0.4) is 0 Å². The topological polar surface area (TPSA) is 20.3 Å². The molecule has 1 saturated heterocycles. The number of rotatable bonds is 2. The zero-order valence-electron chi connectivity index (χ0n) is 8.50. The molecule has 1 fully saturated rings. The molecule has 12 heavy (non-hydrogen) atoms. The highest BCUT2D eigenvalue weighted by Gasteiger charge is 2.35. The quantitative estimate of drug-likeness (QED) is 0.627. The number of likely N-dealkylation sites (tertiary alicyclic amines) is 1. The van der Waals surface area contributed by atoms with Crippen molar-refractivity contribution in [1.29, 1.82) is 0 Å².